The van der Waals surface area contributed by atoms with Crippen LogP contribution in [-0.2, 0) is 11.8 Å². The fraction of sp³-hybridized carbons (Fsp3) is 0.0417. The number of aromatic nitrogens is 2. The van der Waals surface area contributed by atoms with E-state index in [1.807, 2.05) is 30.6 Å². The van der Waals surface area contributed by atoms with Crippen molar-refractivity contribution in [3.8, 4) is 55.9 Å². The first-order chi connectivity index (χ1) is 24.8. The molecule has 10 rings (SSSR count). The first-order valence-electron chi connectivity index (χ1n) is 17.3. The van der Waals surface area contributed by atoms with Crippen LogP contribution in [0, 0.1) is 0 Å². The summed E-state index contributed by atoms with van der Waals surface area (Å²) in [5.41, 5.74) is 19.4. The minimum absolute atomic E-state index is 0.373. The van der Waals surface area contributed by atoms with E-state index in [0.717, 1.165) is 28.9 Å². The molecule has 0 bridgehead atoms. The molecule has 2 aliphatic rings. The molecule has 2 heterocycles. The van der Waals surface area contributed by atoms with Crippen LogP contribution >= 0.6 is 0 Å². The van der Waals surface area contributed by atoms with E-state index in [1.165, 1.54) is 66.8 Å². The van der Waals surface area contributed by atoms with E-state index in [2.05, 4.69) is 157 Å². The molecule has 234 valence electrons. The number of hydrogen-bond acceptors (Lipinski definition) is 2. The second-order valence-corrected chi connectivity index (χ2v) is 13.4. The van der Waals surface area contributed by atoms with Crippen LogP contribution in [-0.4, -0.2) is 9.97 Å². The minimum Gasteiger partial charge on any atom is -0.256 e. The van der Waals surface area contributed by atoms with Gasteiger partial charge >= 0.3 is 0 Å². The average molecular weight is 637 g/mol. The fourth-order valence-corrected chi connectivity index (χ4v) is 8.53. The van der Waals surface area contributed by atoms with Crippen molar-refractivity contribution in [1.82, 2.24) is 9.97 Å². The van der Waals surface area contributed by atoms with Crippen LogP contribution in [0.25, 0.3) is 55.9 Å². The Bertz CT molecular complexity index is 2500. The molecule has 0 unspecified atom stereocenters. The number of benzene rings is 6. The predicted molar refractivity (Wildman–Crippen MR) is 204 cm³/mol. The fourth-order valence-electron chi connectivity index (χ4n) is 8.53. The third-order valence-corrected chi connectivity index (χ3v) is 10.6. The molecule has 8 aromatic rings. The lowest BCUT2D eigenvalue weighted by molar-refractivity contribution is 0.794. The molecule has 0 fully saturated rings. The third kappa shape index (κ3) is 4.35. The topological polar surface area (TPSA) is 25.8 Å². The van der Waals surface area contributed by atoms with Crippen LogP contribution in [0.1, 0.15) is 33.4 Å². The molecule has 0 radical (unpaired) electrons. The van der Waals surface area contributed by atoms with Crippen molar-refractivity contribution in [2.24, 2.45) is 0 Å². The highest BCUT2D eigenvalue weighted by molar-refractivity contribution is 5.96. The van der Waals surface area contributed by atoms with Crippen LogP contribution in [0.15, 0.2) is 182 Å². The van der Waals surface area contributed by atoms with Gasteiger partial charge in [-0.25, -0.2) is 0 Å². The Morgan fingerprint density at radius 3 is 1.50 bits per heavy atom. The van der Waals surface area contributed by atoms with Crippen LogP contribution in [0.2, 0.25) is 0 Å². The first kappa shape index (κ1) is 28.6. The highest BCUT2D eigenvalue weighted by Gasteiger charge is 2.51. The summed E-state index contributed by atoms with van der Waals surface area (Å²) < 4.78 is 0. The normalized spacial score (nSPS) is 13.0. The lowest BCUT2D eigenvalue weighted by atomic mass is 9.70. The molecule has 0 saturated carbocycles. The number of rotatable bonds is 5. The highest BCUT2D eigenvalue weighted by Crippen LogP contribution is 2.63. The lowest BCUT2D eigenvalue weighted by Crippen LogP contribution is -2.25. The zero-order chi connectivity index (χ0) is 33.1. The lowest BCUT2D eigenvalue weighted by Gasteiger charge is -2.30. The minimum atomic E-state index is -0.373. The number of pyridine rings is 2. The SMILES string of the molecule is c1ccc(-c2cccc(Cc3cc(-c4ccc5c(c4)C4(c6ccccc6-c6ccccc64)c4ccccc4-5)cc(-c4ccccn4)c3)c2)nc1. The van der Waals surface area contributed by atoms with E-state index in [9.17, 15) is 0 Å². The largest absolute Gasteiger partial charge is 0.256 e. The van der Waals surface area contributed by atoms with Gasteiger partial charge in [-0.15, -0.1) is 0 Å². The Morgan fingerprint density at radius 1 is 0.340 bits per heavy atom. The molecule has 6 aromatic carbocycles. The second kappa shape index (κ2) is 11.4. The molecule has 0 amide bonds. The Balaban J connectivity index is 1.15. The first-order valence-corrected chi connectivity index (χ1v) is 17.3. The van der Waals surface area contributed by atoms with Crippen molar-refractivity contribution < 1.29 is 0 Å². The van der Waals surface area contributed by atoms with E-state index >= 15 is 0 Å². The van der Waals surface area contributed by atoms with Crippen LogP contribution in [0.3, 0.4) is 0 Å². The Morgan fingerprint density at radius 2 is 0.880 bits per heavy atom. The monoisotopic (exact) mass is 636 g/mol. The van der Waals surface area contributed by atoms with E-state index in [4.69, 9.17) is 4.98 Å². The Hall–Kier alpha value is -6.38. The standard InChI is InChI=1S/C48H32N2/c1-4-17-42-38(14-1)39-15-2-5-18-43(39)48(42)44-19-6-3-16-40(44)41-23-22-34(31-45(41)48)36-28-33(29-37(30-36)47-21-8-10-25-50-47)26-32-12-11-13-35(27-32)46-20-7-9-24-49-46/h1-25,27-31H,26H2. The zero-order valence-corrected chi connectivity index (χ0v) is 27.4. The summed E-state index contributed by atoms with van der Waals surface area (Å²) >= 11 is 0. The molecular weight excluding hydrogens is 605 g/mol. The number of fused-ring (bicyclic) bond motifs is 10. The number of hydrogen-bond donors (Lipinski definition) is 0. The van der Waals surface area contributed by atoms with Crippen LogP contribution in [0.4, 0.5) is 0 Å². The van der Waals surface area contributed by atoms with Crippen LogP contribution in [0.5, 0.6) is 0 Å². The third-order valence-electron chi connectivity index (χ3n) is 10.6. The van der Waals surface area contributed by atoms with Crippen molar-refractivity contribution in [2.75, 3.05) is 0 Å². The van der Waals surface area contributed by atoms with Gasteiger partial charge in [0.2, 0.25) is 0 Å². The molecule has 0 aliphatic heterocycles. The maximum Gasteiger partial charge on any atom is 0.0725 e. The maximum absolute atomic E-state index is 4.77. The quantitative estimate of drug-likeness (QED) is 0.188. The molecule has 2 nitrogen and oxygen atoms in total. The van der Waals surface area contributed by atoms with Gasteiger partial charge in [0.25, 0.3) is 0 Å². The molecular formula is C48H32N2. The molecule has 0 atom stereocenters. The van der Waals surface area contributed by atoms with Crippen molar-refractivity contribution in [1.29, 1.82) is 0 Å². The summed E-state index contributed by atoms with van der Waals surface area (Å²) in [6, 6.07) is 62.1. The molecule has 1 spiro atoms. The van der Waals surface area contributed by atoms with E-state index in [-0.39, 0.29) is 5.41 Å². The van der Waals surface area contributed by atoms with Crippen molar-refractivity contribution in [3.63, 3.8) is 0 Å². The average Bonchev–Trinajstić information content (AvgIpc) is 3.66. The molecule has 50 heavy (non-hydrogen) atoms. The van der Waals surface area contributed by atoms with Gasteiger partial charge < -0.3 is 0 Å². The van der Waals surface area contributed by atoms with Gasteiger partial charge in [0.1, 0.15) is 0 Å². The van der Waals surface area contributed by atoms with Gasteiger partial charge in [0.05, 0.1) is 16.8 Å². The maximum atomic E-state index is 4.77. The van der Waals surface area contributed by atoms with Gasteiger partial charge in [0, 0.05) is 23.5 Å². The van der Waals surface area contributed by atoms with Gasteiger partial charge in [0.15, 0.2) is 0 Å². The summed E-state index contributed by atoms with van der Waals surface area (Å²) in [6.45, 7) is 0. The summed E-state index contributed by atoms with van der Waals surface area (Å²) in [6.07, 6.45) is 4.53. The Kier molecular flexibility index (Phi) is 6.50. The van der Waals surface area contributed by atoms with E-state index < -0.39 is 0 Å². The van der Waals surface area contributed by atoms with Gasteiger partial charge in [-0.3, -0.25) is 9.97 Å². The molecule has 2 aromatic heterocycles. The predicted octanol–water partition coefficient (Wildman–Crippen LogP) is 11.4. The molecule has 2 heteroatoms. The van der Waals surface area contributed by atoms with Gasteiger partial charge in [-0.05, 0) is 122 Å². The van der Waals surface area contributed by atoms with Crippen molar-refractivity contribution in [3.05, 3.63) is 216 Å². The van der Waals surface area contributed by atoms with Gasteiger partial charge in [-0.2, -0.15) is 0 Å². The molecule has 0 saturated heterocycles. The van der Waals surface area contributed by atoms with E-state index in [0.29, 0.717) is 0 Å². The Labute approximate surface area is 292 Å². The summed E-state index contributed by atoms with van der Waals surface area (Å²) in [5, 5.41) is 0. The zero-order valence-electron chi connectivity index (χ0n) is 27.4. The summed E-state index contributed by atoms with van der Waals surface area (Å²) in [7, 11) is 0. The van der Waals surface area contributed by atoms with Crippen molar-refractivity contribution >= 4 is 0 Å². The molecule has 2 aliphatic carbocycles. The molecule has 0 N–H and O–H groups in total. The number of nitrogens with zero attached hydrogens (tertiary/aromatic N) is 2. The highest BCUT2D eigenvalue weighted by atomic mass is 14.7. The van der Waals surface area contributed by atoms with E-state index in [1.54, 1.807) is 0 Å². The van der Waals surface area contributed by atoms with Crippen molar-refractivity contribution in [2.45, 2.75) is 11.8 Å². The smallest absolute Gasteiger partial charge is 0.0725 e. The van der Waals surface area contributed by atoms with Gasteiger partial charge in [-0.1, -0.05) is 121 Å². The van der Waals surface area contributed by atoms with Crippen LogP contribution < -0.4 is 0 Å². The summed E-state index contributed by atoms with van der Waals surface area (Å²) in [4.78, 5) is 9.37. The summed E-state index contributed by atoms with van der Waals surface area (Å²) in [5.74, 6) is 0. The second-order valence-electron chi connectivity index (χ2n) is 13.4.